The van der Waals surface area contributed by atoms with Crippen molar-refractivity contribution < 1.29 is 4.42 Å². The Kier molecular flexibility index (Phi) is 7.24. The molecule has 2 atom stereocenters. The number of hydrogen-bond acceptors (Lipinski definition) is 5. The van der Waals surface area contributed by atoms with Crippen LogP contribution in [0.15, 0.2) is 191 Å². The lowest BCUT2D eigenvalue weighted by Gasteiger charge is -2.32. The fraction of sp³-hybridized carbons (Fsp3) is 0.0392. The third-order valence-corrected chi connectivity index (χ3v) is 12.7. The summed E-state index contributed by atoms with van der Waals surface area (Å²) in [7, 11) is 0. The average Bonchev–Trinajstić information content (AvgIpc) is 3.95. The van der Waals surface area contributed by atoms with Gasteiger partial charge in [-0.05, 0) is 76.9 Å². The Morgan fingerprint density at radius 3 is 1.95 bits per heavy atom. The number of benzene rings is 8. The summed E-state index contributed by atoms with van der Waals surface area (Å²) < 4.78 is 11.4. The number of aromatic nitrogens is 1. The number of nitrogens with one attached hydrogen (secondary N) is 2. The summed E-state index contributed by atoms with van der Waals surface area (Å²) in [4.78, 5) is 5.27. The largest absolute Gasteiger partial charge is 0.456 e. The maximum Gasteiger partial charge on any atom is 0.137 e. The molecule has 0 radical (unpaired) electrons. The van der Waals surface area contributed by atoms with Gasteiger partial charge in [-0.3, -0.25) is 5.32 Å². The first kappa shape index (κ1) is 32.3. The van der Waals surface area contributed by atoms with E-state index in [0.717, 1.165) is 50.2 Å². The van der Waals surface area contributed by atoms with Gasteiger partial charge in [0.25, 0.3) is 0 Å². The van der Waals surface area contributed by atoms with E-state index in [1.165, 1.54) is 53.1 Å². The molecule has 0 amide bonds. The summed E-state index contributed by atoms with van der Waals surface area (Å²) in [5.74, 6) is 0.896. The van der Waals surface area contributed by atoms with E-state index in [-0.39, 0.29) is 12.3 Å². The Balaban J connectivity index is 0.934. The highest BCUT2D eigenvalue weighted by Gasteiger charge is 2.27. The van der Waals surface area contributed by atoms with Crippen molar-refractivity contribution in [1.29, 1.82) is 0 Å². The summed E-state index contributed by atoms with van der Waals surface area (Å²) in [5.41, 5.74) is 11.0. The Hall–Kier alpha value is -6.99. The Labute approximate surface area is 332 Å². The molecule has 0 spiro atoms. The fourth-order valence-electron chi connectivity index (χ4n) is 8.77. The minimum absolute atomic E-state index is 0.0886. The molecule has 57 heavy (non-hydrogen) atoms. The molecule has 0 aliphatic carbocycles. The number of rotatable bonds is 5. The molecule has 6 heteroatoms. The van der Waals surface area contributed by atoms with Gasteiger partial charge in [0.15, 0.2) is 0 Å². The lowest BCUT2D eigenvalue weighted by Crippen LogP contribution is -2.44. The van der Waals surface area contributed by atoms with Gasteiger partial charge in [0.05, 0.1) is 11.0 Å². The van der Waals surface area contributed by atoms with Gasteiger partial charge in [-0.15, -0.1) is 11.3 Å². The molecule has 1 aliphatic heterocycles. The first-order chi connectivity index (χ1) is 28.2. The summed E-state index contributed by atoms with van der Waals surface area (Å²) in [6, 6.07) is 64.9. The van der Waals surface area contributed by atoms with Crippen molar-refractivity contribution in [2.45, 2.75) is 12.3 Å². The number of aliphatic imine (C=N–C) groups is 1. The Morgan fingerprint density at radius 2 is 1.18 bits per heavy atom. The van der Waals surface area contributed by atoms with Crippen molar-refractivity contribution >= 4 is 81.1 Å². The van der Waals surface area contributed by atoms with Crippen molar-refractivity contribution in [3.05, 3.63) is 199 Å². The SMILES string of the molecule is c1ccc(C2N=C(c3cccc4c3sc3ccc(-c5ccc6oc7cc(-n8c9ccccc9c9ccccc98)ccc7c6c5)cc34)NC(c3ccccc3)N2)cc1. The van der Waals surface area contributed by atoms with Gasteiger partial charge in [0.1, 0.15) is 29.3 Å². The van der Waals surface area contributed by atoms with Crippen molar-refractivity contribution in [2.24, 2.45) is 4.99 Å². The Bertz CT molecular complexity index is 3320. The van der Waals surface area contributed by atoms with Gasteiger partial charge in [-0.2, -0.15) is 0 Å². The lowest BCUT2D eigenvalue weighted by molar-refractivity contribution is 0.409. The van der Waals surface area contributed by atoms with Crippen LogP contribution in [-0.4, -0.2) is 10.4 Å². The smallest absolute Gasteiger partial charge is 0.137 e. The molecule has 11 aromatic rings. The van der Waals surface area contributed by atoms with Crippen molar-refractivity contribution in [2.75, 3.05) is 0 Å². The third kappa shape index (κ3) is 5.22. The van der Waals surface area contributed by atoms with Crippen LogP contribution in [0.2, 0.25) is 0 Å². The van der Waals surface area contributed by atoms with Gasteiger partial charge < -0.3 is 14.3 Å². The first-order valence-electron chi connectivity index (χ1n) is 19.3. The standard InChI is InChI=1S/C51H34N4OS/c1-3-12-31(13-4-1)49-52-50(32-14-5-2-6-15-32)54-51(53-49)40-19-11-18-39-42-29-34(23-27-47(42)57-48(39)40)33-22-26-45-41(28-33)38-25-24-35(30-46(38)56-45)55-43-20-9-7-16-36(43)37-17-8-10-21-44(37)55/h1-30,49-50,52H,(H,53,54). The number of furan rings is 1. The van der Waals surface area contributed by atoms with Gasteiger partial charge in [0.2, 0.25) is 0 Å². The van der Waals surface area contributed by atoms with E-state index in [0.29, 0.717) is 0 Å². The maximum atomic E-state index is 6.53. The van der Waals surface area contributed by atoms with Crippen LogP contribution < -0.4 is 10.6 Å². The lowest BCUT2D eigenvalue weighted by atomic mass is 10.00. The molecule has 4 heterocycles. The highest BCUT2D eigenvalue weighted by atomic mass is 32.1. The molecule has 0 bridgehead atoms. The summed E-state index contributed by atoms with van der Waals surface area (Å²) in [6.07, 6.45) is -0.271. The molecular weight excluding hydrogens is 717 g/mol. The topological polar surface area (TPSA) is 54.5 Å². The van der Waals surface area contributed by atoms with Gasteiger partial charge in [-0.1, -0.05) is 121 Å². The van der Waals surface area contributed by atoms with Gasteiger partial charge in [-0.25, -0.2) is 4.99 Å². The highest BCUT2D eigenvalue weighted by Crippen LogP contribution is 2.41. The van der Waals surface area contributed by atoms with Crippen molar-refractivity contribution in [1.82, 2.24) is 15.2 Å². The van der Waals surface area contributed by atoms with Crippen LogP contribution in [0, 0.1) is 0 Å². The zero-order valence-electron chi connectivity index (χ0n) is 30.7. The summed E-state index contributed by atoms with van der Waals surface area (Å²) in [6.45, 7) is 0. The predicted molar refractivity (Wildman–Crippen MR) is 238 cm³/mol. The van der Waals surface area contributed by atoms with E-state index in [4.69, 9.17) is 9.41 Å². The maximum absolute atomic E-state index is 6.53. The van der Waals surface area contributed by atoms with Crippen LogP contribution in [-0.2, 0) is 0 Å². The Morgan fingerprint density at radius 1 is 0.509 bits per heavy atom. The van der Waals surface area contributed by atoms with E-state index in [1.54, 1.807) is 0 Å². The molecule has 8 aromatic carbocycles. The summed E-state index contributed by atoms with van der Waals surface area (Å²) >= 11 is 1.83. The molecule has 2 unspecified atom stereocenters. The molecular formula is C51H34N4OS. The fourth-order valence-corrected chi connectivity index (χ4v) is 9.97. The van der Waals surface area contributed by atoms with Crippen molar-refractivity contribution in [3.63, 3.8) is 0 Å². The number of thiophene rings is 1. The molecule has 0 saturated carbocycles. The molecule has 12 rings (SSSR count). The molecule has 5 nitrogen and oxygen atoms in total. The van der Waals surface area contributed by atoms with Gasteiger partial charge in [0, 0.05) is 59.0 Å². The van der Waals surface area contributed by atoms with Crippen LogP contribution in [0.5, 0.6) is 0 Å². The van der Waals surface area contributed by atoms with E-state index in [2.05, 4.69) is 197 Å². The second kappa shape index (κ2) is 12.8. The molecule has 1 aliphatic rings. The number of amidine groups is 1. The molecule has 0 fully saturated rings. The zero-order valence-corrected chi connectivity index (χ0v) is 31.5. The number of nitrogens with zero attached hydrogens (tertiary/aromatic N) is 2. The third-order valence-electron chi connectivity index (χ3n) is 11.5. The average molecular weight is 751 g/mol. The number of fused-ring (bicyclic) bond motifs is 9. The van der Waals surface area contributed by atoms with Gasteiger partial charge >= 0.3 is 0 Å². The molecule has 0 saturated heterocycles. The molecule has 270 valence electrons. The van der Waals surface area contributed by atoms with Crippen LogP contribution in [0.1, 0.15) is 29.0 Å². The minimum atomic E-state index is -0.182. The predicted octanol–water partition coefficient (Wildman–Crippen LogP) is 13.1. The van der Waals surface area contributed by atoms with E-state index < -0.39 is 0 Å². The van der Waals surface area contributed by atoms with E-state index >= 15 is 0 Å². The van der Waals surface area contributed by atoms with Crippen LogP contribution in [0.25, 0.3) is 80.7 Å². The first-order valence-corrected chi connectivity index (χ1v) is 20.2. The van der Waals surface area contributed by atoms with E-state index in [9.17, 15) is 0 Å². The van der Waals surface area contributed by atoms with E-state index in [1.807, 2.05) is 11.3 Å². The number of para-hydroxylation sites is 2. The molecule has 3 aromatic heterocycles. The molecule has 2 N–H and O–H groups in total. The normalized spacial score (nSPS) is 15.9. The van der Waals surface area contributed by atoms with Crippen LogP contribution in [0.4, 0.5) is 0 Å². The highest BCUT2D eigenvalue weighted by molar-refractivity contribution is 7.26. The summed E-state index contributed by atoms with van der Waals surface area (Å²) in [5, 5.41) is 14.7. The second-order valence-corrected chi connectivity index (χ2v) is 15.9. The van der Waals surface area contributed by atoms with Crippen LogP contribution >= 0.6 is 11.3 Å². The quantitative estimate of drug-likeness (QED) is 0.184. The van der Waals surface area contributed by atoms with Crippen LogP contribution in [0.3, 0.4) is 0 Å². The monoisotopic (exact) mass is 750 g/mol. The minimum Gasteiger partial charge on any atom is -0.456 e. The number of hydrogen-bond donors (Lipinski definition) is 2. The van der Waals surface area contributed by atoms with Crippen molar-refractivity contribution in [3.8, 4) is 16.8 Å². The second-order valence-electron chi connectivity index (χ2n) is 14.8. The zero-order chi connectivity index (χ0) is 37.5.